The molecule has 0 radical (unpaired) electrons. The molecule has 1 aromatic carbocycles. The van der Waals surface area contributed by atoms with E-state index in [4.69, 9.17) is 14.0 Å². The molecule has 44 heavy (non-hydrogen) atoms. The van der Waals surface area contributed by atoms with E-state index >= 15 is 0 Å². The molecule has 1 aliphatic rings. The summed E-state index contributed by atoms with van der Waals surface area (Å²) in [6, 6.07) is 12.7. The van der Waals surface area contributed by atoms with Gasteiger partial charge < -0.3 is 34.7 Å². The van der Waals surface area contributed by atoms with E-state index in [2.05, 4.69) is 15.6 Å². The van der Waals surface area contributed by atoms with Crippen LogP contribution >= 0.6 is 0 Å². The van der Waals surface area contributed by atoms with Crippen LogP contribution in [0.2, 0.25) is 0 Å². The highest BCUT2D eigenvalue weighted by Gasteiger charge is 2.58. The molecule has 3 amide bonds. The fraction of sp³-hybridized carbons (Fsp3) is 0.467. The van der Waals surface area contributed by atoms with Crippen LogP contribution < -0.4 is 10.6 Å². The number of pyridine rings is 1. The number of aliphatic hydroxyl groups excluding tert-OH is 1. The third kappa shape index (κ3) is 8.63. The molecule has 3 rings (SSSR count). The number of aliphatic hydroxyl groups is 1. The van der Waals surface area contributed by atoms with Crippen LogP contribution in [0.3, 0.4) is 0 Å². The molecule has 2 heterocycles. The van der Waals surface area contributed by atoms with Gasteiger partial charge in [-0.25, -0.2) is 4.98 Å². The Bertz CT molecular complexity index is 1360. The molecule has 0 bridgehead atoms. The smallest absolute Gasteiger partial charge is 0.506 e. The van der Waals surface area contributed by atoms with Crippen LogP contribution in [-0.4, -0.2) is 96.7 Å². The number of carbonyl (C=O) groups excluding carboxylic acids is 5. The highest BCUT2D eigenvalue weighted by molar-refractivity contribution is 6.51. The maximum absolute atomic E-state index is 13.5. The molecular formula is C30H39BN4O9. The van der Waals surface area contributed by atoms with Gasteiger partial charge in [-0.05, 0) is 31.4 Å². The molecule has 14 heteroatoms. The van der Waals surface area contributed by atoms with Gasteiger partial charge in [-0.2, -0.15) is 0 Å². The average molecular weight is 610 g/mol. The maximum Gasteiger partial charge on any atom is 0.552 e. The van der Waals surface area contributed by atoms with E-state index in [1.54, 1.807) is 12.1 Å². The van der Waals surface area contributed by atoms with Crippen LogP contribution in [0, 0.1) is 5.92 Å². The SMILES string of the molecule is COC(=O)C[C@@]1(CC(=O)N(C)C)OB([C@H](CC(C)C)NC(=O)C(NC(=O)c2cccc(-c3ccccc3)n2)[C@@H](C)O)OC1=O. The largest absolute Gasteiger partial charge is 0.552 e. The number of amides is 3. The standard InChI is InChI=1S/C30H39BN4O9/c1-18(2)15-23(31-43-29(41)30(44-31,17-25(38)42-6)16-24(37)35(4)5)33-28(40)26(19(3)36)34-27(39)22-14-10-13-21(32-22)20-11-8-7-9-12-20/h7-14,18-19,23,26,36H,15-17H2,1-6H3,(H,33,40)(H,34,39)/t19-,23+,26?,30-/m1/s1. The minimum Gasteiger partial charge on any atom is -0.506 e. The zero-order valence-electron chi connectivity index (χ0n) is 25.7. The van der Waals surface area contributed by atoms with Crippen LogP contribution in [0.25, 0.3) is 11.3 Å². The molecule has 0 saturated carbocycles. The number of rotatable bonds is 13. The Morgan fingerprint density at radius 2 is 1.70 bits per heavy atom. The van der Waals surface area contributed by atoms with E-state index in [1.165, 1.54) is 32.0 Å². The molecule has 2 aromatic rings. The number of methoxy groups -OCH3 is 1. The second-order valence-electron chi connectivity index (χ2n) is 11.3. The van der Waals surface area contributed by atoms with Crippen LogP contribution in [0.15, 0.2) is 48.5 Å². The summed E-state index contributed by atoms with van der Waals surface area (Å²) in [6.45, 7) is 5.08. The first-order chi connectivity index (χ1) is 20.8. The van der Waals surface area contributed by atoms with E-state index in [9.17, 15) is 29.1 Å². The summed E-state index contributed by atoms with van der Waals surface area (Å²) in [7, 11) is 2.75. The molecule has 3 N–H and O–H groups in total. The van der Waals surface area contributed by atoms with E-state index in [1.807, 2.05) is 44.2 Å². The molecule has 0 aliphatic carbocycles. The zero-order chi connectivity index (χ0) is 32.6. The summed E-state index contributed by atoms with van der Waals surface area (Å²) in [5.74, 6) is -4.68. The Balaban J connectivity index is 1.81. The summed E-state index contributed by atoms with van der Waals surface area (Å²) in [4.78, 5) is 70.2. The lowest BCUT2D eigenvalue weighted by Crippen LogP contribution is -2.58. The van der Waals surface area contributed by atoms with Crippen molar-refractivity contribution in [3.05, 3.63) is 54.2 Å². The quantitative estimate of drug-likeness (QED) is 0.221. The highest BCUT2D eigenvalue weighted by atomic mass is 16.7. The average Bonchev–Trinajstić information content (AvgIpc) is 3.30. The summed E-state index contributed by atoms with van der Waals surface area (Å²) >= 11 is 0. The highest BCUT2D eigenvalue weighted by Crippen LogP contribution is 2.33. The van der Waals surface area contributed by atoms with Gasteiger partial charge in [-0.15, -0.1) is 0 Å². The number of ether oxygens (including phenoxy) is 1. The van der Waals surface area contributed by atoms with Gasteiger partial charge in [0.1, 0.15) is 11.7 Å². The molecule has 1 aromatic heterocycles. The van der Waals surface area contributed by atoms with Crippen LogP contribution in [0.1, 0.15) is 50.5 Å². The number of nitrogens with one attached hydrogen (secondary N) is 2. The van der Waals surface area contributed by atoms with Gasteiger partial charge in [-0.1, -0.05) is 50.2 Å². The first kappa shape index (κ1) is 34.2. The maximum atomic E-state index is 13.5. The lowest BCUT2D eigenvalue weighted by atomic mass is 9.73. The fourth-order valence-corrected chi connectivity index (χ4v) is 4.64. The van der Waals surface area contributed by atoms with E-state index in [0.29, 0.717) is 5.69 Å². The first-order valence-electron chi connectivity index (χ1n) is 14.2. The Kier molecular flexibility index (Phi) is 11.6. The minimum absolute atomic E-state index is 0.0360. The van der Waals surface area contributed by atoms with Crippen molar-refractivity contribution in [3.8, 4) is 11.3 Å². The van der Waals surface area contributed by atoms with Crippen LogP contribution in [0.5, 0.6) is 0 Å². The van der Waals surface area contributed by atoms with Crippen molar-refractivity contribution in [2.45, 2.75) is 63.7 Å². The number of nitrogens with zero attached hydrogens (tertiary/aromatic N) is 2. The normalized spacial score (nSPS) is 18.2. The number of aromatic nitrogens is 1. The van der Waals surface area contributed by atoms with Gasteiger partial charge in [0, 0.05) is 19.7 Å². The van der Waals surface area contributed by atoms with Crippen LogP contribution in [-0.2, 0) is 33.2 Å². The summed E-state index contributed by atoms with van der Waals surface area (Å²) in [5.41, 5.74) is -0.580. The Hall–Kier alpha value is -4.30. The number of benzene rings is 1. The second kappa shape index (κ2) is 14.9. The van der Waals surface area contributed by atoms with Gasteiger partial charge in [0.2, 0.25) is 11.8 Å². The van der Waals surface area contributed by atoms with Crippen molar-refractivity contribution >= 4 is 36.8 Å². The summed E-state index contributed by atoms with van der Waals surface area (Å²) in [6.07, 6.45) is -2.14. The van der Waals surface area contributed by atoms with E-state index in [0.717, 1.165) is 12.7 Å². The van der Waals surface area contributed by atoms with Gasteiger partial charge in [-0.3, -0.25) is 24.0 Å². The molecule has 0 spiro atoms. The van der Waals surface area contributed by atoms with Gasteiger partial charge in [0.05, 0.1) is 37.7 Å². The van der Waals surface area contributed by atoms with Gasteiger partial charge in [0.25, 0.3) is 5.91 Å². The predicted octanol–water partition coefficient (Wildman–Crippen LogP) is 1.14. The van der Waals surface area contributed by atoms with E-state index in [-0.39, 0.29) is 18.0 Å². The van der Waals surface area contributed by atoms with Crippen molar-refractivity contribution < 1.29 is 43.1 Å². The van der Waals surface area contributed by atoms with Crippen molar-refractivity contribution in [2.24, 2.45) is 5.92 Å². The van der Waals surface area contributed by atoms with Crippen molar-refractivity contribution in [1.82, 2.24) is 20.5 Å². The zero-order valence-corrected chi connectivity index (χ0v) is 25.7. The van der Waals surface area contributed by atoms with Crippen molar-refractivity contribution in [3.63, 3.8) is 0 Å². The summed E-state index contributed by atoms with van der Waals surface area (Å²) in [5, 5.41) is 15.7. The van der Waals surface area contributed by atoms with Crippen LogP contribution in [0.4, 0.5) is 0 Å². The molecule has 236 valence electrons. The first-order valence-corrected chi connectivity index (χ1v) is 14.2. The van der Waals surface area contributed by atoms with Gasteiger partial charge >= 0.3 is 19.1 Å². The van der Waals surface area contributed by atoms with Crippen molar-refractivity contribution in [2.75, 3.05) is 21.2 Å². The molecular weight excluding hydrogens is 571 g/mol. The monoisotopic (exact) mass is 610 g/mol. The van der Waals surface area contributed by atoms with Gasteiger partial charge in [0.15, 0.2) is 5.60 Å². The third-order valence-corrected chi connectivity index (χ3v) is 7.01. The molecule has 1 aliphatic heterocycles. The second-order valence-corrected chi connectivity index (χ2v) is 11.3. The predicted molar refractivity (Wildman–Crippen MR) is 160 cm³/mol. The fourth-order valence-electron chi connectivity index (χ4n) is 4.64. The molecule has 1 unspecified atom stereocenters. The third-order valence-electron chi connectivity index (χ3n) is 7.01. The number of carbonyl (C=O) groups is 5. The van der Waals surface area contributed by atoms with E-state index < -0.39 is 73.3 Å². The topological polar surface area (TPSA) is 173 Å². The number of hydrogen-bond donors (Lipinski definition) is 3. The lowest BCUT2D eigenvalue weighted by molar-refractivity contribution is -0.157. The molecule has 13 nitrogen and oxygen atoms in total. The Labute approximate surface area is 256 Å². The molecule has 1 saturated heterocycles. The Morgan fingerprint density at radius 1 is 1.02 bits per heavy atom. The minimum atomic E-state index is -1.97. The summed E-state index contributed by atoms with van der Waals surface area (Å²) < 4.78 is 16.2. The lowest BCUT2D eigenvalue weighted by Gasteiger charge is -2.28. The number of hydrogen-bond acceptors (Lipinski definition) is 10. The number of esters is 1. The Morgan fingerprint density at radius 3 is 2.30 bits per heavy atom. The molecule has 1 fully saturated rings. The van der Waals surface area contributed by atoms with Crippen molar-refractivity contribution in [1.29, 1.82) is 0 Å². The molecule has 4 atom stereocenters.